The molecule has 3 nitrogen and oxygen atoms in total. The molecule has 2 aromatic carbocycles. The molecule has 1 atom stereocenters. The lowest BCUT2D eigenvalue weighted by Crippen LogP contribution is -2.53. The van der Waals surface area contributed by atoms with Crippen molar-refractivity contribution in [3.8, 4) is 0 Å². The smallest absolute Gasteiger partial charge is 0.192 e. The number of rotatable bonds is 6. The van der Waals surface area contributed by atoms with Crippen LogP contribution in [-0.4, -0.2) is 24.0 Å². The molecule has 24 heavy (non-hydrogen) atoms. The van der Waals surface area contributed by atoms with Crippen molar-refractivity contribution in [2.24, 2.45) is 0 Å². The quantitative estimate of drug-likeness (QED) is 0.722. The van der Waals surface area contributed by atoms with Crippen LogP contribution in [0.3, 0.4) is 0 Å². The molecule has 3 aromatic rings. The largest absolute Gasteiger partial charge is 0.449 e. The summed E-state index contributed by atoms with van der Waals surface area (Å²) in [4.78, 5) is 2.58. The van der Waals surface area contributed by atoms with Crippen molar-refractivity contribution in [1.29, 1.82) is 0 Å². The van der Waals surface area contributed by atoms with E-state index in [1.165, 1.54) is 17.5 Å². The number of anilines is 1. The van der Waals surface area contributed by atoms with Crippen LogP contribution in [0.5, 0.6) is 0 Å². The lowest BCUT2D eigenvalue weighted by atomic mass is 9.90. The molecule has 0 saturated carbocycles. The Morgan fingerprint density at radius 3 is 2.08 bits per heavy atom. The predicted octanol–water partition coefficient (Wildman–Crippen LogP) is 4.56. The molecule has 0 amide bonds. The summed E-state index contributed by atoms with van der Waals surface area (Å²) < 4.78 is 5.39. The molecule has 1 aromatic heterocycles. The number of likely N-dealkylation sites (tertiary alicyclic amines) is 1. The van der Waals surface area contributed by atoms with Crippen LogP contribution in [0.2, 0.25) is 0 Å². The van der Waals surface area contributed by atoms with Gasteiger partial charge in [0, 0.05) is 25.2 Å². The molecule has 1 unspecified atom stereocenters. The van der Waals surface area contributed by atoms with Gasteiger partial charge in [-0.05, 0) is 23.6 Å². The fourth-order valence-electron chi connectivity index (χ4n) is 3.46. The molecule has 4 rings (SSSR count). The van der Waals surface area contributed by atoms with Crippen LogP contribution in [0.15, 0.2) is 83.5 Å². The van der Waals surface area contributed by atoms with Gasteiger partial charge in [-0.3, -0.25) is 4.90 Å². The van der Waals surface area contributed by atoms with Gasteiger partial charge in [0.25, 0.3) is 0 Å². The maximum atomic E-state index is 5.39. The number of furan rings is 1. The van der Waals surface area contributed by atoms with Crippen molar-refractivity contribution in [1.82, 2.24) is 4.90 Å². The van der Waals surface area contributed by atoms with E-state index >= 15 is 0 Å². The summed E-state index contributed by atoms with van der Waals surface area (Å²) in [6.07, 6.45) is 2.92. The van der Waals surface area contributed by atoms with E-state index in [0.29, 0.717) is 12.1 Å². The van der Waals surface area contributed by atoms with E-state index in [4.69, 9.17) is 4.42 Å². The number of hydrogen-bond donors (Lipinski definition) is 1. The monoisotopic (exact) mass is 318 g/mol. The molecule has 0 aliphatic carbocycles. The Morgan fingerprint density at radius 1 is 0.917 bits per heavy atom. The third-order valence-electron chi connectivity index (χ3n) is 4.78. The van der Waals surface area contributed by atoms with E-state index in [1.807, 2.05) is 12.1 Å². The Kier molecular flexibility index (Phi) is 4.34. The number of benzene rings is 2. The van der Waals surface area contributed by atoms with Crippen LogP contribution in [0, 0.1) is 0 Å². The summed E-state index contributed by atoms with van der Waals surface area (Å²) in [5, 5.41) is 3.41. The first kappa shape index (κ1) is 15.0. The van der Waals surface area contributed by atoms with E-state index in [9.17, 15) is 0 Å². The number of nitrogens with one attached hydrogen (secondary N) is 1. The molecule has 0 radical (unpaired) electrons. The summed E-state index contributed by atoms with van der Waals surface area (Å²) >= 11 is 0. The van der Waals surface area contributed by atoms with Crippen molar-refractivity contribution >= 4 is 5.88 Å². The molecule has 122 valence electrons. The third-order valence-corrected chi connectivity index (χ3v) is 4.78. The van der Waals surface area contributed by atoms with Crippen LogP contribution in [0.25, 0.3) is 0 Å². The Bertz CT molecular complexity index is 701. The van der Waals surface area contributed by atoms with Gasteiger partial charge in [0.15, 0.2) is 5.88 Å². The summed E-state index contributed by atoms with van der Waals surface area (Å²) in [6.45, 7) is 2.03. The van der Waals surface area contributed by atoms with Crippen LogP contribution < -0.4 is 5.32 Å². The highest BCUT2D eigenvalue weighted by atomic mass is 16.3. The standard InChI is InChI=1S/C21H22N2O/c1-3-8-17(9-4-1)21(18-10-5-2-6-11-18)23-14-13-19(23)16-22-20-12-7-15-24-20/h1-12,15,19,21-22H,13-14,16H2. The normalized spacial score (nSPS) is 17.6. The van der Waals surface area contributed by atoms with Gasteiger partial charge >= 0.3 is 0 Å². The molecule has 1 saturated heterocycles. The van der Waals surface area contributed by atoms with Crippen LogP contribution >= 0.6 is 0 Å². The molecule has 2 heterocycles. The maximum Gasteiger partial charge on any atom is 0.192 e. The van der Waals surface area contributed by atoms with Gasteiger partial charge < -0.3 is 9.73 Å². The van der Waals surface area contributed by atoms with Gasteiger partial charge in [-0.15, -0.1) is 0 Å². The number of nitrogens with zero attached hydrogens (tertiary/aromatic N) is 1. The Morgan fingerprint density at radius 2 is 1.58 bits per heavy atom. The fraction of sp³-hybridized carbons (Fsp3) is 0.238. The van der Waals surface area contributed by atoms with Crippen molar-refractivity contribution in [3.63, 3.8) is 0 Å². The maximum absolute atomic E-state index is 5.39. The second-order valence-electron chi connectivity index (χ2n) is 6.26. The van der Waals surface area contributed by atoms with Crippen molar-refractivity contribution in [2.45, 2.75) is 18.5 Å². The van der Waals surface area contributed by atoms with Gasteiger partial charge in [-0.1, -0.05) is 60.7 Å². The highest BCUT2D eigenvalue weighted by Crippen LogP contribution is 2.35. The molecule has 0 spiro atoms. The van der Waals surface area contributed by atoms with Crippen molar-refractivity contribution in [3.05, 3.63) is 90.2 Å². The number of hydrogen-bond acceptors (Lipinski definition) is 3. The zero-order chi connectivity index (χ0) is 16.2. The van der Waals surface area contributed by atoms with Gasteiger partial charge in [0.2, 0.25) is 0 Å². The summed E-state index contributed by atoms with van der Waals surface area (Å²) in [6, 6.07) is 26.3. The SMILES string of the molecule is c1ccc(C(c2ccccc2)N2CCC2CNc2ccco2)cc1. The minimum absolute atomic E-state index is 0.310. The van der Waals surface area contributed by atoms with Gasteiger partial charge in [0.1, 0.15) is 0 Å². The zero-order valence-corrected chi connectivity index (χ0v) is 13.6. The highest BCUT2D eigenvalue weighted by Gasteiger charge is 2.35. The first-order valence-corrected chi connectivity index (χ1v) is 8.55. The topological polar surface area (TPSA) is 28.4 Å². The lowest BCUT2D eigenvalue weighted by Gasteiger charge is -2.46. The molecule has 0 bridgehead atoms. The highest BCUT2D eigenvalue weighted by molar-refractivity contribution is 5.34. The molecule has 1 N–H and O–H groups in total. The second kappa shape index (κ2) is 6.93. The molecule has 3 heteroatoms. The summed E-state index contributed by atoms with van der Waals surface area (Å²) in [7, 11) is 0. The van der Waals surface area contributed by atoms with Gasteiger partial charge in [-0.2, -0.15) is 0 Å². The van der Waals surface area contributed by atoms with E-state index in [0.717, 1.165) is 19.0 Å². The van der Waals surface area contributed by atoms with Gasteiger partial charge in [-0.25, -0.2) is 0 Å². The van der Waals surface area contributed by atoms with Crippen LogP contribution in [0.4, 0.5) is 5.88 Å². The van der Waals surface area contributed by atoms with Crippen LogP contribution in [-0.2, 0) is 0 Å². The first-order valence-electron chi connectivity index (χ1n) is 8.55. The second-order valence-corrected chi connectivity index (χ2v) is 6.26. The molecule has 1 aliphatic rings. The fourth-order valence-corrected chi connectivity index (χ4v) is 3.46. The average Bonchev–Trinajstić information content (AvgIpc) is 3.14. The minimum atomic E-state index is 0.310. The summed E-state index contributed by atoms with van der Waals surface area (Å²) in [5.41, 5.74) is 2.71. The van der Waals surface area contributed by atoms with E-state index in [1.54, 1.807) is 6.26 Å². The van der Waals surface area contributed by atoms with E-state index in [-0.39, 0.29) is 0 Å². The Labute approximate surface area is 142 Å². The average molecular weight is 318 g/mol. The van der Waals surface area contributed by atoms with Crippen LogP contribution in [0.1, 0.15) is 23.6 Å². The van der Waals surface area contributed by atoms with Crippen molar-refractivity contribution in [2.75, 3.05) is 18.4 Å². The molecular formula is C21H22N2O. The van der Waals surface area contributed by atoms with E-state index < -0.39 is 0 Å². The molecular weight excluding hydrogens is 296 g/mol. The predicted molar refractivity (Wildman–Crippen MR) is 97.0 cm³/mol. The molecule has 1 fully saturated rings. The lowest BCUT2D eigenvalue weighted by molar-refractivity contribution is 0.0656. The van der Waals surface area contributed by atoms with Crippen molar-refractivity contribution < 1.29 is 4.42 Å². The summed E-state index contributed by atoms with van der Waals surface area (Å²) in [5.74, 6) is 0.845. The Hall–Kier alpha value is -2.52. The minimum Gasteiger partial charge on any atom is -0.449 e. The molecule has 1 aliphatic heterocycles. The Balaban J connectivity index is 1.55. The van der Waals surface area contributed by atoms with E-state index in [2.05, 4.69) is 70.9 Å². The zero-order valence-electron chi connectivity index (χ0n) is 13.6. The first-order chi connectivity index (χ1) is 11.9. The van der Waals surface area contributed by atoms with Gasteiger partial charge in [0.05, 0.1) is 12.3 Å². The third kappa shape index (κ3) is 3.08.